The van der Waals surface area contributed by atoms with Crippen LogP contribution in [0.15, 0.2) is 54.9 Å². The molecule has 4 aromatic rings. The van der Waals surface area contributed by atoms with Crippen LogP contribution in [0.2, 0.25) is 0 Å². The van der Waals surface area contributed by atoms with Crippen LogP contribution in [0.5, 0.6) is 28.9 Å². The number of hydrogen-bond donors (Lipinski definition) is 2. The van der Waals surface area contributed by atoms with Crippen molar-refractivity contribution in [2.75, 3.05) is 31.0 Å². The van der Waals surface area contributed by atoms with E-state index >= 15 is 4.39 Å². The van der Waals surface area contributed by atoms with Crippen LogP contribution in [-0.4, -0.2) is 48.4 Å². The van der Waals surface area contributed by atoms with Crippen LogP contribution in [0.3, 0.4) is 0 Å². The van der Waals surface area contributed by atoms with Gasteiger partial charge >= 0.3 is 0 Å². The number of anilines is 2. The minimum atomic E-state index is -1.30. The van der Waals surface area contributed by atoms with Crippen molar-refractivity contribution >= 4 is 34.1 Å². The minimum absolute atomic E-state index is 0.0168. The molecule has 0 radical (unpaired) electrons. The Hall–Kier alpha value is -5.04. The number of ether oxygens (including phenoxy) is 5. The van der Waals surface area contributed by atoms with Gasteiger partial charge in [-0.2, -0.15) is 0 Å². The summed E-state index contributed by atoms with van der Waals surface area (Å²) >= 11 is 0. The molecule has 1 fully saturated rings. The highest BCUT2D eigenvalue weighted by molar-refractivity contribution is 6.16. The SMILES string of the molecule is COC(C)Oc1cc2ncnc(Oc3ccc(NC(=O)C4(C(=O)Nc5ccc(F)cc5)CC4)cc3F)c2c2c1OCCO2. The first-order valence-electron chi connectivity index (χ1n) is 13.4. The van der Waals surface area contributed by atoms with E-state index < -0.39 is 35.2 Å². The molecule has 2 aliphatic rings. The van der Waals surface area contributed by atoms with Crippen LogP contribution in [0.25, 0.3) is 10.9 Å². The average molecular weight is 593 g/mol. The lowest BCUT2D eigenvalue weighted by molar-refractivity contribution is -0.131. The minimum Gasteiger partial charge on any atom is -0.485 e. The van der Waals surface area contributed by atoms with Gasteiger partial charge in [-0.15, -0.1) is 0 Å². The van der Waals surface area contributed by atoms with Gasteiger partial charge in [-0.3, -0.25) is 9.59 Å². The molecule has 1 saturated carbocycles. The first-order valence-corrected chi connectivity index (χ1v) is 13.4. The molecule has 13 heteroatoms. The predicted molar refractivity (Wildman–Crippen MR) is 149 cm³/mol. The summed E-state index contributed by atoms with van der Waals surface area (Å²) in [6, 6.07) is 10.7. The first-order chi connectivity index (χ1) is 20.8. The molecule has 1 aromatic heterocycles. The van der Waals surface area contributed by atoms with Crippen LogP contribution >= 0.6 is 0 Å². The van der Waals surface area contributed by atoms with Crippen molar-refractivity contribution in [1.82, 2.24) is 9.97 Å². The molecular weight excluding hydrogens is 566 g/mol. The van der Waals surface area contributed by atoms with E-state index in [0.29, 0.717) is 40.9 Å². The smallest absolute Gasteiger partial charge is 0.240 e. The van der Waals surface area contributed by atoms with Gasteiger partial charge in [0.15, 0.2) is 29.4 Å². The van der Waals surface area contributed by atoms with E-state index in [4.69, 9.17) is 23.7 Å². The zero-order valence-corrected chi connectivity index (χ0v) is 23.1. The average Bonchev–Trinajstić information content (AvgIpc) is 3.82. The fourth-order valence-electron chi connectivity index (χ4n) is 4.56. The second-order valence-corrected chi connectivity index (χ2v) is 9.97. The molecule has 1 unspecified atom stereocenters. The number of hydrogen-bond acceptors (Lipinski definition) is 9. The number of fused-ring (bicyclic) bond motifs is 3. The van der Waals surface area contributed by atoms with Crippen LogP contribution in [0.4, 0.5) is 20.2 Å². The second-order valence-electron chi connectivity index (χ2n) is 9.97. The summed E-state index contributed by atoms with van der Waals surface area (Å²) in [4.78, 5) is 34.3. The number of rotatable bonds is 9. The lowest BCUT2D eigenvalue weighted by Crippen LogP contribution is -2.35. The van der Waals surface area contributed by atoms with E-state index in [1.807, 2.05) is 0 Å². The fourth-order valence-corrected chi connectivity index (χ4v) is 4.56. The lowest BCUT2D eigenvalue weighted by Gasteiger charge is -2.24. The number of amides is 2. The number of methoxy groups -OCH3 is 1. The van der Waals surface area contributed by atoms with Crippen LogP contribution in [0.1, 0.15) is 19.8 Å². The highest BCUT2D eigenvalue weighted by Crippen LogP contribution is 2.49. The topological polar surface area (TPSA) is 130 Å². The molecule has 1 aliphatic heterocycles. The molecule has 2 amide bonds. The highest BCUT2D eigenvalue weighted by atomic mass is 19.1. The molecule has 2 N–H and O–H groups in total. The van der Waals surface area contributed by atoms with Crippen molar-refractivity contribution in [1.29, 1.82) is 0 Å². The molecule has 0 saturated heterocycles. The van der Waals surface area contributed by atoms with Crippen LogP contribution in [-0.2, 0) is 14.3 Å². The maximum absolute atomic E-state index is 15.2. The molecule has 1 atom stereocenters. The Bertz CT molecular complexity index is 1710. The van der Waals surface area contributed by atoms with Crippen molar-refractivity contribution in [3.63, 3.8) is 0 Å². The maximum atomic E-state index is 15.2. The Balaban J connectivity index is 1.21. The summed E-state index contributed by atoms with van der Waals surface area (Å²) in [5, 5.41) is 5.60. The summed E-state index contributed by atoms with van der Waals surface area (Å²) in [6.07, 6.45) is 1.33. The molecule has 0 bridgehead atoms. The van der Waals surface area contributed by atoms with Crippen LogP contribution in [0, 0.1) is 17.0 Å². The molecule has 3 aromatic carbocycles. The van der Waals surface area contributed by atoms with Crippen molar-refractivity contribution in [3.8, 4) is 28.9 Å². The zero-order chi connectivity index (χ0) is 30.1. The highest BCUT2D eigenvalue weighted by Gasteiger charge is 2.56. The number of benzene rings is 3. The maximum Gasteiger partial charge on any atom is 0.240 e. The Labute approximate surface area is 244 Å². The molecule has 6 rings (SSSR count). The standard InChI is InChI=1S/C30H26F2N4O7/c1-16(39-2)42-23-14-21-24(26-25(23)40-11-12-41-26)27(34-15-33-21)43-22-8-7-19(13-20(22)32)36-29(38)30(9-10-30)28(37)35-18-5-3-17(31)4-6-18/h3-8,13-16H,9-12H2,1-2H3,(H,35,37)(H,36,38). The van der Waals surface area contributed by atoms with Gasteiger partial charge < -0.3 is 34.3 Å². The Kier molecular flexibility index (Phi) is 7.40. The van der Waals surface area contributed by atoms with Gasteiger partial charge in [-0.05, 0) is 56.2 Å². The predicted octanol–water partition coefficient (Wildman–Crippen LogP) is 5.20. The molecular formula is C30H26F2N4O7. The van der Waals surface area contributed by atoms with Crippen molar-refractivity contribution in [2.45, 2.75) is 26.1 Å². The summed E-state index contributed by atoms with van der Waals surface area (Å²) < 4.78 is 56.9. The van der Waals surface area contributed by atoms with Gasteiger partial charge in [0.2, 0.25) is 23.4 Å². The number of aromatic nitrogens is 2. The number of carbonyl (C=O) groups excluding carboxylic acids is 2. The molecule has 2 heterocycles. The Morgan fingerprint density at radius 3 is 2.26 bits per heavy atom. The summed E-state index contributed by atoms with van der Waals surface area (Å²) in [5.74, 6) is -1.53. The number of nitrogens with one attached hydrogen (secondary N) is 2. The van der Waals surface area contributed by atoms with Gasteiger partial charge in [-0.1, -0.05) is 0 Å². The number of nitrogens with zero attached hydrogens (tertiary/aromatic N) is 2. The van der Waals surface area contributed by atoms with Crippen molar-refractivity contribution in [3.05, 3.63) is 66.5 Å². The van der Waals surface area contributed by atoms with E-state index in [1.54, 1.807) is 13.0 Å². The van der Waals surface area contributed by atoms with Gasteiger partial charge in [0.1, 0.15) is 36.2 Å². The number of carbonyl (C=O) groups is 2. The van der Waals surface area contributed by atoms with E-state index in [0.717, 1.165) is 6.07 Å². The van der Waals surface area contributed by atoms with Gasteiger partial charge in [-0.25, -0.2) is 18.7 Å². The first kappa shape index (κ1) is 28.1. The van der Waals surface area contributed by atoms with Gasteiger partial charge in [0, 0.05) is 30.6 Å². The third kappa shape index (κ3) is 5.58. The van der Waals surface area contributed by atoms with Gasteiger partial charge in [0.05, 0.1) is 5.52 Å². The summed E-state index contributed by atoms with van der Waals surface area (Å²) in [6.45, 7) is 2.26. The third-order valence-electron chi connectivity index (χ3n) is 7.09. The second kappa shape index (κ2) is 11.3. The quantitative estimate of drug-likeness (QED) is 0.199. The fraction of sp³-hybridized carbons (Fsp3) is 0.267. The largest absolute Gasteiger partial charge is 0.485 e. The van der Waals surface area contributed by atoms with Gasteiger partial charge in [0.25, 0.3) is 0 Å². The van der Waals surface area contributed by atoms with E-state index in [2.05, 4.69) is 20.6 Å². The van der Waals surface area contributed by atoms with Crippen LogP contribution < -0.4 is 29.6 Å². The zero-order valence-electron chi connectivity index (χ0n) is 23.1. The van der Waals surface area contributed by atoms with E-state index in [9.17, 15) is 14.0 Å². The molecule has 43 heavy (non-hydrogen) atoms. The molecule has 0 spiro atoms. The number of halogens is 2. The Morgan fingerprint density at radius 1 is 0.907 bits per heavy atom. The molecule has 1 aliphatic carbocycles. The Morgan fingerprint density at radius 2 is 1.58 bits per heavy atom. The molecule has 11 nitrogen and oxygen atoms in total. The van der Waals surface area contributed by atoms with E-state index in [-0.39, 0.29) is 36.3 Å². The molecule has 222 valence electrons. The van der Waals surface area contributed by atoms with Crippen molar-refractivity contribution < 1.29 is 42.1 Å². The lowest BCUT2D eigenvalue weighted by atomic mass is 10.0. The monoisotopic (exact) mass is 592 g/mol. The summed E-state index contributed by atoms with van der Waals surface area (Å²) in [5.41, 5.74) is -0.399. The summed E-state index contributed by atoms with van der Waals surface area (Å²) in [7, 11) is 1.51. The van der Waals surface area contributed by atoms with Crippen molar-refractivity contribution in [2.24, 2.45) is 5.41 Å². The van der Waals surface area contributed by atoms with E-state index in [1.165, 1.54) is 49.8 Å². The normalized spacial score (nSPS) is 15.3. The third-order valence-corrected chi connectivity index (χ3v) is 7.09.